The van der Waals surface area contributed by atoms with Gasteiger partial charge in [-0.05, 0) is 0 Å². The average Bonchev–Trinajstić information content (AvgIpc) is 2.35. The highest BCUT2D eigenvalue weighted by atomic mass is 32.2. The standard InChI is InChI=1S/C6H12N4O2S/c1-10-4-3-8-6(10)9-13(11,12)5-2-7/h3-4H,2,5,7H2,1H3,(H,8,9). The van der Waals surface area contributed by atoms with Crippen LogP contribution in [-0.4, -0.2) is 30.3 Å². The van der Waals surface area contributed by atoms with Crippen molar-refractivity contribution in [3.8, 4) is 0 Å². The summed E-state index contributed by atoms with van der Waals surface area (Å²) in [6, 6.07) is 0. The summed E-state index contributed by atoms with van der Waals surface area (Å²) in [5, 5.41) is 0. The Bertz CT molecular complexity index is 370. The third kappa shape index (κ3) is 2.71. The molecule has 0 saturated carbocycles. The first-order valence-electron chi connectivity index (χ1n) is 3.73. The van der Waals surface area contributed by atoms with E-state index in [-0.39, 0.29) is 12.3 Å². The quantitative estimate of drug-likeness (QED) is 0.666. The van der Waals surface area contributed by atoms with E-state index in [4.69, 9.17) is 5.73 Å². The molecule has 7 heteroatoms. The zero-order chi connectivity index (χ0) is 9.90. The Balaban J connectivity index is 2.75. The number of nitrogens with one attached hydrogen (secondary N) is 1. The lowest BCUT2D eigenvalue weighted by Crippen LogP contribution is -2.23. The summed E-state index contributed by atoms with van der Waals surface area (Å²) in [5.41, 5.74) is 5.14. The molecule has 1 aromatic heterocycles. The van der Waals surface area contributed by atoms with Crippen molar-refractivity contribution in [3.05, 3.63) is 12.4 Å². The van der Waals surface area contributed by atoms with E-state index in [1.807, 2.05) is 0 Å². The van der Waals surface area contributed by atoms with Crippen LogP contribution in [-0.2, 0) is 17.1 Å². The second-order valence-electron chi connectivity index (χ2n) is 2.57. The van der Waals surface area contributed by atoms with E-state index in [0.29, 0.717) is 5.95 Å². The number of aryl methyl sites for hydroxylation is 1. The topological polar surface area (TPSA) is 90.0 Å². The van der Waals surface area contributed by atoms with Crippen LogP contribution in [0.5, 0.6) is 0 Å². The molecule has 0 saturated heterocycles. The molecule has 13 heavy (non-hydrogen) atoms. The number of hydrogen-bond donors (Lipinski definition) is 2. The van der Waals surface area contributed by atoms with Crippen LogP contribution in [0.15, 0.2) is 12.4 Å². The lowest BCUT2D eigenvalue weighted by atomic mass is 10.8. The Morgan fingerprint density at radius 2 is 2.38 bits per heavy atom. The third-order valence-electron chi connectivity index (χ3n) is 1.45. The first kappa shape index (κ1) is 10.0. The summed E-state index contributed by atoms with van der Waals surface area (Å²) < 4.78 is 26.3. The fourth-order valence-corrected chi connectivity index (χ4v) is 1.70. The molecule has 6 nitrogen and oxygen atoms in total. The van der Waals surface area contributed by atoms with Gasteiger partial charge in [0.05, 0.1) is 5.75 Å². The molecule has 0 aliphatic heterocycles. The van der Waals surface area contributed by atoms with E-state index in [0.717, 1.165) is 0 Å². The molecule has 1 heterocycles. The van der Waals surface area contributed by atoms with E-state index >= 15 is 0 Å². The van der Waals surface area contributed by atoms with E-state index in [1.54, 1.807) is 17.8 Å². The van der Waals surface area contributed by atoms with Crippen molar-refractivity contribution in [2.75, 3.05) is 17.0 Å². The number of nitrogens with two attached hydrogens (primary N) is 1. The molecule has 0 aliphatic rings. The lowest BCUT2D eigenvalue weighted by Gasteiger charge is -2.05. The summed E-state index contributed by atoms with van der Waals surface area (Å²) in [7, 11) is -1.63. The van der Waals surface area contributed by atoms with Crippen LogP contribution in [0.3, 0.4) is 0 Å². The highest BCUT2D eigenvalue weighted by molar-refractivity contribution is 7.92. The Kier molecular flexibility index (Phi) is 2.89. The lowest BCUT2D eigenvalue weighted by molar-refractivity contribution is 0.600. The smallest absolute Gasteiger partial charge is 0.236 e. The number of rotatable bonds is 4. The van der Waals surface area contributed by atoms with Gasteiger partial charge < -0.3 is 10.3 Å². The maximum atomic E-state index is 11.2. The van der Waals surface area contributed by atoms with Crippen molar-refractivity contribution in [2.45, 2.75) is 0 Å². The summed E-state index contributed by atoms with van der Waals surface area (Å²) in [4.78, 5) is 3.82. The molecule has 0 aliphatic carbocycles. The number of nitrogens with zero attached hydrogens (tertiary/aromatic N) is 2. The van der Waals surface area contributed by atoms with Gasteiger partial charge in [-0.3, -0.25) is 4.72 Å². The number of hydrogen-bond acceptors (Lipinski definition) is 4. The second kappa shape index (κ2) is 3.75. The minimum absolute atomic E-state index is 0.0970. The summed E-state index contributed by atoms with van der Waals surface area (Å²) in [5.74, 6) is 0.202. The fraction of sp³-hybridized carbons (Fsp3) is 0.500. The van der Waals surface area contributed by atoms with Gasteiger partial charge in [-0.15, -0.1) is 0 Å². The maximum Gasteiger partial charge on any atom is 0.236 e. The van der Waals surface area contributed by atoms with Gasteiger partial charge >= 0.3 is 0 Å². The Labute approximate surface area is 76.8 Å². The molecule has 0 amide bonds. The molecule has 0 aromatic carbocycles. The molecule has 0 unspecified atom stereocenters. The van der Waals surface area contributed by atoms with Crippen LogP contribution in [0.25, 0.3) is 0 Å². The molecule has 0 bridgehead atoms. The number of aromatic nitrogens is 2. The van der Waals surface area contributed by atoms with Crippen LogP contribution < -0.4 is 10.5 Å². The largest absolute Gasteiger partial charge is 0.329 e. The van der Waals surface area contributed by atoms with Gasteiger partial charge in [-0.2, -0.15) is 0 Å². The van der Waals surface area contributed by atoms with Gasteiger partial charge in [-0.1, -0.05) is 0 Å². The average molecular weight is 204 g/mol. The maximum absolute atomic E-state index is 11.2. The summed E-state index contributed by atoms with van der Waals surface area (Å²) in [6.45, 7) is 0.0970. The first-order chi connectivity index (χ1) is 6.05. The molecule has 0 spiro atoms. The molecular formula is C6H12N4O2S. The molecule has 74 valence electrons. The minimum atomic E-state index is -3.34. The van der Waals surface area contributed by atoms with Gasteiger partial charge in [0, 0.05) is 26.0 Å². The van der Waals surface area contributed by atoms with E-state index in [9.17, 15) is 8.42 Å². The van der Waals surface area contributed by atoms with Crippen LogP contribution in [0.4, 0.5) is 5.95 Å². The summed E-state index contributed by atoms with van der Waals surface area (Å²) >= 11 is 0. The zero-order valence-corrected chi connectivity index (χ0v) is 8.08. The van der Waals surface area contributed by atoms with Crippen molar-refractivity contribution in [1.82, 2.24) is 9.55 Å². The first-order valence-corrected chi connectivity index (χ1v) is 5.38. The van der Waals surface area contributed by atoms with E-state index in [2.05, 4.69) is 9.71 Å². The molecule has 0 atom stereocenters. The molecule has 3 N–H and O–H groups in total. The highest BCUT2D eigenvalue weighted by Gasteiger charge is 2.10. The van der Waals surface area contributed by atoms with Gasteiger partial charge in [0.15, 0.2) is 0 Å². The number of imidazole rings is 1. The van der Waals surface area contributed by atoms with Crippen LogP contribution >= 0.6 is 0 Å². The van der Waals surface area contributed by atoms with Crippen molar-refractivity contribution in [1.29, 1.82) is 0 Å². The zero-order valence-electron chi connectivity index (χ0n) is 7.27. The predicted molar refractivity (Wildman–Crippen MR) is 49.7 cm³/mol. The summed E-state index contributed by atoms with van der Waals surface area (Å²) in [6.07, 6.45) is 3.17. The van der Waals surface area contributed by atoms with Crippen LogP contribution in [0, 0.1) is 0 Å². The highest BCUT2D eigenvalue weighted by Crippen LogP contribution is 2.03. The molecule has 1 rings (SSSR count). The van der Waals surface area contributed by atoms with Crippen molar-refractivity contribution in [3.63, 3.8) is 0 Å². The minimum Gasteiger partial charge on any atom is -0.329 e. The van der Waals surface area contributed by atoms with Crippen LogP contribution in [0.1, 0.15) is 0 Å². The number of anilines is 1. The Morgan fingerprint density at radius 1 is 1.69 bits per heavy atom. The van der Waals surface area contributed by atoms with Gasteiger partial charge in [0.1, 0.15) is 0 Å². The molecule has 0 radical (unpaired) electrons. The van der Waals surface area contributed by atoms with E-state index in [1.165, 1.54) is 6.20 Å². The fourth-order valence-electron chi connectivity index (χ4n) is 0.809. The predicted octanol–water partition coefficient (Wildman–Crippen LogP) is -0.879. The molecule has 0 fully saturated rings. The second-order valence-corrected chi connectivity index (χ2v) is 4.41. The molecular weight excluding hydrogens is 192 g/mol. The SMILES string of the molecule is Cn1ccnc1NS(=O)(=O)CCN. The van der Waals surface area contributed by atoms with Crippen LogP contribution in [0.2, 0.25) is 0 Å². The Morgan fingerprint density at radius 3 is 2.85 bits per heavy atom. The van der Waals surface area contributed by atoms with Crippen molar-refractivity contribution in [2.24, 2.45) is 12.8 Å². The van der Waals surface area contributed by atoms with E-state index < -0.39 is 10.0 Å². The van der Waals surface area contributed by atoms with Gasteiger partial charge in [-0.25, -0.2) is 13.4 Å². The van der Waals surface area contributed by atoms with Gasteiger partial charge in [0.25, 0.3) is 0 Å². The Hall–Kier alpha value is -1.08. The third-order valence-corrected chi connectivity index (χ3v) is 2.72. The normalized spacial score (nSPS) is 11.5. The van der Waals surface area contributed by atoms with Gasteiger partial charge in [0.2, 0.25) is 16.0 Å². The van der Waals surface area contributed by atoms with Crippen molar-refractivity contribution < 1.29 is 8.42 Å². The monoisotopic (exact) mass is 204 g/mol. The number of sulfonamides is 1. The van der Waals surface area contributed by atoms with Crippen molar-refractivity contribution >= 4 is 16.0 Å². The molecule has 1 aromatic rings.